The minimum Gasteiger partial charge on any atom is -0.355 e. The minimum absolute atomic E-state index is 0.0229. The highest BCUT2D eigenvalue weighted by atomic mass is 32.2. The summed E-state index contributed by atoms with van der Waals surface area (Å²) < 4.78 is 40.3. The van der Waals surface area contributed by atoms with Gasteiger partial charge in [-0.3, -0.25) is 4.79 Å². The third kappa shape index (κ3) is 5.96. The van der Waals surface area contributed by atoms with Crippen LogP contribution in [-0.4, -0.2) is 28.2 Å². The fourth-order valence-electron chi connectivity index (χ4n) is 3.72. The fraction of sp³-hybridized carbons (Fsp3) is 0.650. The summed E-state index contributed by atoms with van der Waals surface area (Å²) in [6, 6.07) is 0. The number of amides is 1. The van der Waals surface area contributed by atoms with Crippen LogP contribution in [0.1, 0.15) is 68.3 Å². The number of thioether (sulfide) groups is 1. The quantitative estimate of drug-likeness (QED) is 0.313. The molecule has 4 nitrogen and oxygen atoms in total. The lowest BCUT2D eigenvalue weighted by atomic mass is 9.97. The van der Waals surface area contributed by atoms with Gasteiger partial charge in [-0.15, -0.1) is 0 Å². The van der Waals surface area contributed by atoms with Gasteiger partial charge in [0.25, 0.3) is 0 Å². The number of carbonyl (C=O) groups excluding carboxylic acids is 1. The monoisotopic (exact) mass is 413 g/mol. The van der Waals surface area contributed by atoms with Crippen LogP contribution in [0.2, 0.25) is 0 Å². The third-order valence-electron chi connectivity index (χ3n) is 5.17. The van der Waals surface area contributed by atoms with Crippen LogP contribution in [0.15, 0.2) is 16.8 Å². The molecule has 0 spiro atoms. The number of halogens is 3. The van der Waals surface area contributed by atoms with Crippen LogP contribution in [-0.2, 0) is 23.8 Å². The Hall–Kier alpha value is -1.57. The maximum absolute atomic E-state index is 13.4. The topological polar surface area (TPSA) is 54.9 Å². The number of allylic oxidation sites excluding steroid dienone is 1. The Morgan fingerprint density at radius 1 is 1.07 bits per heavy atom. The smallest absolute Gasteiger partial charge is 0.355 e. The molecule has 0 atom stereocenters. The molecule has 0 fully saturated rings. The first-order valence-electron chi connectivity index (χ1n) is 9.98. The van der Waals surface area contributed by atoms with Crippen LogP contribution >= 0.6 is 11.8 Å². The van der Waals surface area contributed by atoms with Gasteiger partial charge in [0.15, 0.2) is 10.9 Å². The zero-order chi connectivity index (χ0) is 20.0. The standard InChI is InChI=1S/C20H26F3N3OS/c21-20(22,23)18-15-9-5-2-6-10-16(15)25-19(26-18)28-13-17(27)24-12-11-14-7-3-1-4-8-14/h7H,1-6,8-13H2,(H,24,27). The summed E-state index contributed by atoms with van der Waals surface area (Å²) in [7, 11) is 0. The summed E-state index contributed by atoms with van der Waals surface area (Å²) in [6.45, 7) is 0.560. The molecular weight excluding hydrogens is 387 g/mol. The average molecular weight is 414 g/mol. The molecule has 0 bridgehead atoms. The molecule has 1 N–H and O–H groups in total. The van der Waals surface area contributed by atoms with Gasteiger partial charge in [0.2, 0.25) is 5.91 Å². The van der Waals surface area contributed by atoms with Gasteiger partial charge in [-0.05, 0) is 57.8 Å². The van der Waals surface area contributed by atoms with Crippen molar-refractivity contribution in [2.75, 3.05) is 12.3 Å². The SMILES string of the molecule is O=C(CSc1nc2c(c(C(F)(F)F)n1)CCCCC2)NCCC1=CCCCC1. The number of aromatic nitrogens is 2. The van der Waals surface area contributed by atoms with Gasteiger partial charge in [-0.2, -0.15) is 13.2 Å². The van der Waals surface area contributed by atoms with E-state index in [4.69, 9.17) is 0 Å². The van der Waals surface area contributed by atoms with Crippen molar-refractivity contribution < 1.29 is 18.0 Å². The predicted octanol–water partition coefficient (Wildman–Crippen LogP) is 4.86. The first-order chi connectivity index (χ1) is 13.4. The van der Waals surface area contributed by atoms with Crippen molar-refractivity contribution in [3.8, 4) is 0 Å². The summed E-state index contributed by atoms with van der Waals surface area (Å²) in [6.07, 6.45) is 6.58. The van der Waals surface area contributed by atoms with E-state index in [1.165, 1.54) is 18.4 Å². The van der Waals surface area contributed by atoms with Crippen molar-refractivity contribution in [1.29, 1.82) is 0 Å². The van der Waals surface area contributed by atoms with Crippen LogP contribution in [0, 0.1) is 0 Å². The highest BCUT2D eigenvalue weighted by Crippen LogP contribution is 2.35. The van der Waals surface area contributed by atoms with Crippen molar-refractivity contribution >= 4 is 17.7 Å². The van der Waals surface area contributed by atoms with Crippen LogP contribution in [0.4, 0.5) is 13.2 Å². The maximum Gasteiger partial charge on any atom is 0.433 e. The number of hydrogen-bond acceptors (Lipinski definition) is 4. The number of hydrogen-bond donors (Lipinski definition) is 1. The largest absolute Gasteiger partial charge is 0.433 e. The summed E-state index contributed by atoms with van der Waals surface area (Å²) in [5.74, 6) is -0.178. The molecule has 1 aromatic rings. The Kier molecular flexibility index (Phi) is 7.37. The molecule has 0 saturated heterocycles. The molecule has 3 rings (SSSR count). The van der Waals surface area contributed by atoms with E-state index in [9.17, 15) is 18.0 Å². The molecule has 0 aliphatic heterocycles. The number of aryl methyl sites for hydroxylation is 1. The highest BCUT2D eigenvalue weighted by Gasteiger charge is 2.37. The second-order valence-corrected chi connectivity index (χ2v) is 8.28. The van der Waals surface area contributed by atoms with Gasteiger partial charge in [-0.1, -0.05) is 29.8 Å². The van der Waals surface area contributed by atoms with Crippen LogP contribution in [0.25, 0.3) is 0 Å². The minimum atomic E-state index is -4.50. The normalized spacial score (nSPS) is 17.5. The fourth-order valence-corrected chi connectivity index (χ4v) is 4.42. The van der Waals surface area contributed by atoms with Gasteiger partial charge in [0.05, 0.1) is 5.75 Å². The molecule has 8 heteroatoms. The zero-order valence-electron chi connectivity index (χ0n) is 15.9. The van der Waals surface area contributed by atoms with Crippen molar-refractivity contribution in [2.24, 2.45) is 0 Å². The Balaban J connectivity index is 1.58. The average Bonchev–Trinajstić information content (AvgIpc) is 2.91. The number of nitrogens with one attached hydrogen (secondary N) is 1. The molecule has 28 heavy (non-hydrogen) atoms. The second kappa shape index (κ2) is 9.76. The third-order valence-corrected chi connectivity index (χ3v) is 6.01. The van der Waals surface area contributed by atoms with Gasteiger partial charge in [-0.25, -0.2) is 9.97 Å². The van der Waals surface area contributed by atoms with Crippen molar-refractivity contribution in [3.05, 3.63) is 28.6 Å². The molecule has 0 aromatic carbocycles. The second-order valence-electron chi connectivity index (χ2n) is 7.34. The van der Waals surface area contributed by atoms with Gasteiger partial charge < -0.3 is 5.32 Å². The van der Waals surface area contributed by atoms with Gasteiger partial charge in [0, 0.05) is 17.8 Å². The lowest BCUT2D eigenvalue weighted by molar-refractivity contribution is -0.142. The van der Waals surface area contributed by atoms with Gasteiger partial charge >= 0.3 is 6.18 Å². The molecule has 1 aromatic heterocycles. The Bertz CT molecular complexity index is 734. The Morgan fingerprint density at radius 3 is 2.61 bits per heavy atom. The zero-order valence-corrected chi connectivity index (χ0v) is 16.7. The molecule has 0 radical (unpaired) electrons. The van der Waals surface area contributed by atoms with Crippen LogP contribution in [0.5, 0.6) is 0 Å². The highest BCUT2D eigenvalue weighted by molar-refractivity contribution is 7.99. The predicted molar refractivity (Wildman–Crippen MR) is 103 cm³/mol. The molecule has 2 aliphatic carbocycles. The first kappa shape index (κ1) is 21.1. The number of alkyl halides is 3. The summed E-state index contributed by atoms with van der Waals surface area (Å²) >= 11 is 0.976. The summed E-state index contributed by atoms with van der Waals surface area (Å²) in [4.78, 5) is 20.2. The summed E-state index contributed by atoms with van der Waals surface area (Å²) in [5, 5.41) is 2.88. The molecule has 1 heterocycles. The van der Waals surface area contributed by atoms with E-state index in [0.29, 0.717) is 25.1 Å². The van der Waals surface area contributed by atoms with E-state index in [1.54, 1.807) is 0 Å². The number of fused-ring (bicyclic) bond motifs is 1. The van der Waals surface area contributed by atoms with E-state index < -0.39 is 11.9 Å². The maximum atomic E-state index is 13.4. The van der Waals surface area contributed by atoms with E-state index >= 15 is 0 Å². The number of rotatable bonds is 6. The summed E-state index contributed by atoms with van der Waals surface area (Å²) in [5.41, 5.74) is 1.28. The van der Waals surface area contributed by atoms with Gasteiger partial charge in [0.1, 0.15) is 0 Å². The van der Waals surface area contributed by atoms with E-state index in [0.717, 1.165) is 50.3 Å². The number of carbonyl (C=O) groups is 1. The van der Waals surface area contributed by atoms with Crippen LogP contribution < -0.4 is 5.32 Å². The van der Waals surface area contributed by atoms with Crippen molar-refractivity contribution in [1.82, 2.24) is 15.3 Å². The molecule has 0 unspecified atom stereocenters. The van der Waals surface area contributed by atoms with E-state index in [-0.39, 0.29) is 22.4 Å². The van der Waals surface area contributed by atoms with Crippen molar-refractivity contribution in [2.45, 2.75) is 75.5 Å². The molecule has 2 aliphatic rings. The lowest BCUT2D eigenvalue weighted by Gasteiger charge is -2.15. The number of nitrogens with zero attached hydrogens (tertiary/aromatic N) is 2. The van der Waals surface area contributed by atoms with E-state index in [1.807, 2.05) is 0 Å². The van der Waals surface area contributed by atoms with Crippen LogP contribution in [0.3, 0.4) is 0 Å². The Labute approximate surface area is 167 Å². The lowest BCUT2D eigenvalue weighted by Crippen LogP contribution is -2.26. The van der Waals surface area contributed by atoms with Crippen molar-refractivity contribution in [3.63, 3.8) is 0 Å². The Morgan fingerprint density at radius 2 is 1.86 bits per heavy atom. The first-order valence-corrected chi connectivity index (χ1v) is 11.0. The molecular formula is C20H26F3N3OS. The molecule has 154 valence electrons. The molecule has 1 amide bonds. The van der Waals surface area contributed by atoms with E-state index in [2.05, 4.69) is 21.4 Å². The molecule has 0 saturated carbocycles.